The van der Waals surface area contributed by atoms with Crippen molar-refractivity contribution in [3.8, 4) is 0 Å². The summed E-state index contributed by atoms with van der Waals surface area (Å²) in [5, 5.41) is 3.09. The molecule has 1 N–H and O–H groups in total. The number of nitrogens with one attached hydrogen (secondary N) is 1. The summed E-state index contributed by atoms with van der Waals surface area (Å²) in [5.41, 5.74) is 0.450. The van der Waals surface area contributed by atoms with Crippen LogP contribution in [0.2, 0.25) is 0 Å². The van der Waals surface area contributed by atoms with Crippen LogP contribution in [-0.4, -0.2) is 48.6 Å². The highest BCUT2D eigenvalue weighted by Crippen LogP contribution is 2.06. The number of anilines is 1. The largest absolute Gasteiger partial charge is 0.377 e. The van der Waals surface area contributed by atoms with Gasteiger partial charge in [-0.15, -0.1) is 0 Å². The van der Waals surface area contributed by atoms with E-state index >= 15 is 0 Å². The minimum Gasteiger partial charge on any atom is -0.377 e. The highest BCUT2D eigenvalue weighted by atomic mass is 16.5. The minimum atomic E-state index is -0.0906. The molecule has 1 amide bonds. The van der Waals surface area contributed by atoms with Crippen molar-refractivity contribution in [2.24, 2.45) is 0 Å². The average molecular weight is 265 g/mol. The van der Waals surface area contributed by atoms with Gasteiger partial charge in [-0.05, 0) is 32.9 Å². The number of rotatable bonds is 7. The molecule has 0 fully saturated rings. The van der Waals surface area contributed by atoms with Crippen LogP contribution in [0.3, 0.4) is 0 Å². The van der Waals surface area contributed by atoms with E-state index in [4.69, 9.17) is 4.74 Å². The summed E-state index contributed by atoms with van der Waals surface area (Å²) in [4.78, 5) is 18.1. The molecule has 1 heterocycles. The van der Waals surface area contributed by atoms with E-state index < -0.39 is 0 Å². The maximum absolute atomic E-state index is 12.2. The van der Waals surface area contributed by atoms with Crippen LogP contribution in [0.25, 0.3) is 0 Å². The number of hydrogen-bond donors (Lipinski definition) is 1. The van der Waals surface area contributed by atoms with Crippen LogP contribution < -0.4 is 5.32 Å². The molecule has 19 heavy (non-hydrogen) atoms. The first-order valence-corrected chi connectivity index (χ1v) is 6.62. The molecular weight excluding hydrogens is 242 g/mol. The third kappa shape index (κ3) is 5.26. The summed E-state index contributed by atoms with van der Waals surface area (Å²) in [6.07, 6.45) is 0.179. The first kappa shape index (κ1) is 15.4. The van der Waals surface area contributed by atoms with Crippen LogP contribution in [0.1, 0.15) is 31.3 Å². The first-order chi connectivity index (χ1) is 9.04. The number of ether oxygens (including phenoxy) is 1. The maximum atomic E-state index is 12.2. The van der Waals surface area contributed by atoms with Crippen molar-refractivity contribution >= 4 is 11.7 Å². The molecule has 0 aromatic carbocycles. The molecule has 106 valence electrons. The van der Waals surface area contributed by atoms with Gasteiger partial charge in [0.2, 0.25) is 0 Å². The fourth-order valence-corrected chi connectivity index (χ4v) is 1.56. The number of aromatic nitrogens is 1. The van der Waals surface area contributed by atoms with Crippen LogP contribution in [0, 0.1) is 0 Å². The van der Waals surface area contributed by atoms with E-state index in [1.54, 1.807) is 18.0 Å². The highest BCUT2D eigenvalue weighted by molar-refractivity contribution is 5.92. The van der Waals surface area contributed by atoms with Crippen LogP contribution in [-0.2, 0) is 4.74 Å². The van der Waals surface area contributed by atoms with Crippen molar-refractivity contribution in [3.63, 3.8) is 0 Å². The number of amides is 1. The molecule has 0 radical (unpaired) electrons. The molecule has 5 heteroatoms. The van der Waals surface area contributed by atoms with Gasteiger partial charge in [0.1, 0.15) is 11.5 Å². The Labute approximate surface area is 115 Å². The fraction of sp³-hybridized carbons (Fsp3) is 0.571. The molecule has 1 aromatic rings. The Balaban J connectivity index is 2.58. The smallest absolute Gasteiger partial charge is 0.272 e. The van der Waals surface area contributed by atoms with Gasteiger partial charge >= 0.3 is 0 Å². The predicted molar refractivity (Wildman–Crippen MR) is 76.4 cm³/mol. The van der Waals surface area contributed by atoms with Crippen molar-refractivity contribution in [1.82, 2.24) is 9.88 Å². The second kappa shape index (κ2) is 7.74. The fourth-order valence-electron chi connectivity index (χ4n) is 1.56. The van der Waals surface area contributed by atoms with Gasteiger partial charge < -0.3 is 15.0 Å². The average Bonchev–Trinajstić information content (AvgIpc) is 2.38. The number of pyridine rings is 1. The SMILES string of the molecule is CCNc1cccc(C(=O)N(C)CCOC(C)C)n1. The number of carbonyl (C=O) groups excluding carboxylic acids is 1. The molecule has 5 nitrogen and oxygen atoms in total. The monoisotopic (exact) mass is 265 g/mol. The van der Waals surface area contributed by atoms with E-state index in [1.807, 2.05) is 32.9 Å². The molecule has 0 unspecified atom stereocenters. The molecule has 0 bridgehead atoms. The van der Waals surface area contributed by atoms with E-state index in [9.17, 15) is 4.79 Å². The van der Waals surface area contributed by atoms with Gasteiger partial charge in [0.25, 0.3) is 5.91 Å². The third-order valence-electron chi connectivity index (χ3n) is 2.55. The summed E-state index contributed by atoms with van der Waals surface area (Å²) in [5.74, 6) is 0.632. The zero-order chi connectivity index (χ0) is 14.3. The van der Waals surface area contributed by atoms with Gasteiger partial charge in [-0.2, -0.15) is 0 Å². The molecule has 0 saturated carbocycles. The second-order valence-electron chi connectivity index (χ2n) is 4.58. The van der Waals surface area contributed by atoms with Gasteiger partial charge in [-0.25, -0.2) is 4.98 Å². The molecule has 0 aliphatic carbocycles. The lowest BCUT2D eigenvalue weighted by Crippen LogP contribution is -2.31. The summed E-state index contributed by atoms with van der Waals surface area (Å²) in [6.45, 7) is 7.82. The van der Waals surface area contributed by atoms with Crippen molar-refractivity contribution in [1.29, 1.82) is 0 Å². The molecule has 0 atom stereocenters. The molecule has 0 saturated heterocycles. The minimum absolute atomic E-state index is 0.0906. The van der Waals surface area contributed by atoms with Crippen LogP contribution in [0.15, 0.2) is 18.2 Å². The summed E-state index contributed by atoms with van der Waals surface area (Å²) in [6, 6.07) is 5.40. The van der Waals surface area contributed by atoms with Gasteiger partial charge in [-0.3, -0.25) is 4.79 Å². The molecule has 1 aromatic heterocycles. The van der Waals surface area contributed by atoms with E-state index in [0.29, 0.717) is 18.8 Å². The van der Waals surface area contributed by atoms with E-state index in [-0.39, 0.29) is 12.0 Å². The van der Waals surface area contributed by atoms with E-state index in [0.717, 1.165) is 12.4 Å². The second-order valence-corrected chi connectivity index (χ2v) is 4.58. The lowest BCUT2D eigenvalue weighted by Gasteiger charge is -2.18. The van der Waals surface area contributed by atoms with Gasteiger partial charge in [0, 0.05) is 20.1 Å². The predicted octanol–water partition coefficient (Wildman–Crippen LogP) is 2.01. The Hall–Kier alpha value is -1.62. The van der Waals surface area contributed by atoms with Crippen molar-refractivity contribution in [2.75, 3.05) is 32.1 Å². The van der Waals surface area contributed by atoms with Gasteiger partial charge in [-0.1, -0.05) is 6.07 Å². The number of hydrogen-bond acceptors (Lipinski definition) is 4. The quantitative estimate of drug-likeness (QED) is 0.819. The maximum Gasteiger partial charge on any atom is 0.272 e. The van der Waals surface area contributed by atoms with Gasteiger partial charge in [0.15, 0.2) is 0 Å². The standard InChI is InChI=1S/C14H23N3O2/c1-5-15-13-8-6-7-12(16-13)14(18)17(4)9-10-19-11(2)3/h6-8,11H,5,9-10H2,1-4H3,(H,15,16). The lowest BCUT2D eigenvalue weighted by atomic mass is 10.3. The molecule has 0 aliphatic heterocycles. The number of likely N-dealkylation sites (N-methyl/N-ethyl adjacent to an activating group) is 1. The number of nitrogens with zero attached hydrogens (tertiary/aromatic N) is 2. The first-order valence-electron chi connectivity index (χ1n) is 6.62. The number of carbonyl (C=O) groups is 1. The van der Waals surface area contributed by atoms with Crippen LogP contribution in [0.4, 0.5) is 5.82 Å². The molecule has 0 aliphatic rings. The van der Waals surface area contributed by atoms with Crippen molar-refractivity contribution < 1.29 is 9.53 Å². The lowest BCUT2D eigenvalue weighted by molar-refractivity contribution is 0.0529. The Morgan fingerprint density at radius 1 is 1.47 bits per heavy atom. The summed E-state index contributed by atoms with van der Waals surface area (Å²) >= 11 is 0. The topological polar surface area (TPSA) is 54.5 Å². The van der Waals surface area contributed by atoms with Crippen molar-refractivity contribution in [2.45, 2.75) is 26.9 Å². The summed E-state index contributed by atoms with van der Waals surface area (Å²) in [7, 11) is 1.76. The third-order valence-corrected chi connectivity index (χ3v) is 2.55. The van der Waals surface area contributed by atoms with Crippen LogP contribution in [0.5, 0.6) is 0 Å². The molecular formula is C14H23N3O2. The Bertz CT molecular complexity index is 407. The normalized spacial score (nSPS) is 10.6. The molecule has 0 spiro atoms. The van der Waals surface area contributed by atoms with Gasteiger partial charge in [0.05, 0.1) is 12.7 Å². The van der Waals surface area contributed by atoms with E-state index in [2.05, 4.69) is 10.3 Å². The molecule has 1 rings (SSSR count). The van der Waals surface area contributed by atoms with E-state index in [1.165, 1.54) is 0 Å². The summed E-state index contributed by atoms with van der Waals surface area (Å²) < 4.78 is 5.43. The zero-order valence-corrected chi connectivity index (χ0v) is 12.1. The highest BCUT2D eigenvalue weighted by Gasteiger charge is 2.13. The van der Waals surface area contributed by atoms with Crippen molar-refractivity contribution in [3.05, 3.63) is 23.9 Å². The Morgan fingerprint density at radius 3 is 2.84 bits per heavy atom. The zero-order valence-electron chi connectivity index (χ0n) is 12.1. The Kier molecular flexibility index (Phi) is 6.29. The Morgan fingerprint density at radius 2 is 2.21 bits per heavy atom. The van der Waals surface area contributed by atoms with Crippen LogP contribution >= 0.6 is 0 Å².